The van der Waals surface area contributed by atoms with E-state index in [9.17, 15) is 0 Å². The van der Waals surface area contributed by atoms with Gasteiger partial charge in [-0.3, -0.25) is 0 Å². The van der Waals surface area contributed by atoms with Crippen molar-refractivity contribution in [3.05, 3.63) is 54.4 Å². The summed E-state index contributed by atoms with van der Waals surface area (Å²) in [6.45, 7) is 7.53. The van der Waals surface area contributed by atoms with Crippen molar-refractivity contribution in [2.24, 2.45) is 5.92 Å². The lowest BCUT2D eigenvalue weighted by Crippen LogP contribution is -1.97. The van der Waals surface area contributed by atoms with Crippen LogP contribution in [0.3, 0.4) is 0 Å². The van der Waals surface area contributed by atoms with Crippen molar-refractivity contribution < 1.29 is 4.74 Å². The van der Waals surface area contributed by atoms with E-state index < -0.39 is 0 Å². The van der Waals surface area contributed by atoms with Gasteiger partial charge in [0.15, 0.2) is 5.82 Å². The van der Waals surface area contributed by atoms with Gasteiger partial charge in [-0.05, 0) is 74.3 Å². The minimum absolute atomic E-state index is 0.765. The van der Waals surface area contributed by atoms with Gasteiger partial charge in [0.05, 0.1) is 6.61 Å². The number of hydrogen-bond acceptors (Lipinski definition) is 3. The smallest absolute Gasteiger partial charge is 0.159 e. The highest BCUT2D eigenvalue weighted by molar-refractivity contribution is 5.55. The van der Waals surface area contributed by atoms with Crippen LogP contribution in [0.5, 0.6) is 5.75 Å². The van der Waals surface area contributed by atoms with E-state index in [2.05, 4.69) is 42.9 Å². The van der Waals surface area contributed by atoms with Crippen molar-refractivity contribution in [3.8, 4) is 17.1 Å². The Kier molecular flexibility index (Phi) is 11.1. The maximum atomic E-state index is 5.84. The molecule has 0 aliphatic carbocycles. The molecule has 2 aromatic rings. The molecule has 158 valence electrons. The van der Waals surface area contributed by atoms with E-state index in [1.807, 2.05) is 36.7 Å². The summed E-state index contributed by atoms with van der Waals surface area (Å²) in [6, 6.07) is 8.11. The van der Waals surface area contributed by atoms with Crippen molar-refractivity contribution in [2.75, 3.05) is 6.61 Å². The van der Waals surface area contributed by atoms with Gasteiger partial charge in [0, 0.05) is 18.0 Å². The summed E-state index contributed by atoms with van der Waals surface area (Å²) < 4.78 is 5.84. The maximum absolute atomic E-state index is 5.84. The van der Waals surface area contributed by atoms with Crippen LogP contribution >= 0.6 is 0 Å². The number of ether oxygens (including phenoxy) is 1. The van der Waals surface area contributed by atoms with Crippen molar-refractivity contribution in [1.82, 2.24) is 9.97 Å². The SMILES string of the molecule is CC/C=C\CCCCOc1ccc(-c2ncc(CCCC[C@@H](C)CC)cn2)cc1. The summed E-state index contributed by atoms with van der Waals surface area (Å²) in [6.07, 6.45) is 19.1. The molecular weight excluding hydrogens is 356 g/mol. The van der Waals surface area contributed by atoms with Crippen molar-refractivity contribution in [2.45, 2.75) is 78.6 Å². The first-order chi connectivity index (χ1) is 14.2. The van der Waals surface area contributed by atoms with Gasteiger partial charge in [0.1, 0.15) is 5.75 Å². The quantitative estimate of drug-likeness (QED) is 0.247. The lowest BCUT2D eigenvalue weighted by atomic mass is 10.00. The second-order valence-electron chi connectivity index (χ2n) is 7.92. The number of aromatic nitrogens is 2. The summed E-state index contributed by atoms with van der Waals surface area (Å²) in [5, 5.41) is 0. The molecule has 29 heavy (non-hydrogen) atoms. The summed E-state index contributed by atoms with van der Waals surface area (Å²) in [5.41, 5.74) is 2.26. The second kappa shape index (κ2) is 13.9. The number of nitrogens with zero attached hydrogens (tertiary/aromatic N) is 2. The molecule has 0 spiro atoms. The van der Waals surface area contributed by atoms with Gasteiger partial charge in [-0.2, -0.15) is 0 Å². The highest BCUT2D eigenvalue weighted by atomic mass is 16.5. The largest absolute Gasteiger partial charge is 0.494 e. The van der Waals surface area contributed by atoms with E-state index >= 15 is 0 Å². The molecule has 0 fully saturated rings. The van der Waals surface area contributed by atoms with Crippen LogP contribution in [0.15, 0.2) is 48.8 Å². The molecule has 1 aromatic heterocycles. The van der Waals surface area contributed by atoms with Crippen molar-refractivity contribution in [3.63, 3.8) is 0 Å². The highest BCUT2D eigenvalue weighted by Crippen LogP contribution is 2.20. The molecule has 0 aliphatic heterocycles. The average molecular weight is 395 g/mol. The minimum atomic E-state index is 0.765. The summed E-state index contributed by atoms with van der Waals surface area (Å²) in [7, 11) is 0. The Balaban J connectivity index is 1.72. The second-order valence-corrected chi connectivity index (χ2v) is 7.92. The first kappa shape index (κ1) is 23.1. The number of aryl methyl sites for hydroxylation is 1. The predicted octanol–water partition coefficient (Wildman–Crippen LogP) is 7.42. The molecule has 1 atom stereocenters. The van der Waals surface area contributed by atoms with Gasteiger partial charge in [-0.25, -0.2) is 9.97 Å². The van der Waals surface area contributed by atoms with E-state index in [0.29, 0.717) is 0 Å². The summed E-state index contributed by atoms with van der Waals surface area (Å²) in [4.78, 5) is 9.12. The maximum Gasteiger partial charge on any atom is 0.159 e. The van der Waals surface area contributed by atoms with E-state index in [1.54, 1.807) is 0 Å². The molecule has 0 saturated carbocycles. The average Bonchev–Trinajstić information content (AvgIpc) is 2.77. The Labute approximate surface area is 177 Å². The van der Waals surface area contributed by atoms with E-state index in [0.717, 1.165) is 55.3 Å². The molecule has 1 aromatic carbocycles. The Bertz CT molecular complexity index is 692. The van der Waals surface area contributed by atoms with Crippen molar-refractivity contribution in [1.29, 1.82) is 0 Å². The number of unbranched alkanes of at least 4 members (excludes halogenated alkanes) is 3. The molecule has 0 amide bonds. The summed E-state index contributed by atoms with van der Waals surface area (Å²) >= 11 is 0. The Morgan fingerprint density at radius 3 is 2.38 bits per heavy atom. The molecule has 0 bridgehead atoms. The molecule has 0 aliphatic rings. The fraction of sp³-hybridized carbons (Fsp3) is 0.538. The van der Waals surface area contributed by atoms with Gasteiger partial charge < -0.3 is 4.74 Å². The van der Waals surface area contributed by atoms with Crippen LogP contribution in [0.25, 0.3) is 11.4 Å². The molecule has 0 saturated heterocycles. The van der Waals surface area contributed by atoms with E-state index in [4.69, 9.17) is 4.74 Å². The van der Waals surface area contributed by atoms with Gasteiger partial charge in [0.2, 0.25) is 0 Å². The van der Waals surface area contributed by atoms with Crippen LogP contribution in [0.1, 0.15) is 77.7 Å². The molecule has 2 rings (SSSR count). The zero-order valence-electron chi connectivity index (χ0n) is 18.6. The van der Waals surface area contributed by atoms with Crippen LogP contribution in [0.2, 0.25) is 0 Å². The molecular formula is C26H38N2O. The van der Waals surface area contributed by atoms with Gasteiger partial charge in [-0.15, -0.1) is 0 Å². The zero-order chi connectivity index (χ0) is 20.7. The molecule has 0 radical (unpaired) electrons. The number of rotatable bonds is 14. The van der Waals surface area contributed by atoms with Crippen LogP contribution in [0, 0.1) is 5.92 Å². The van der Waals surface area contributed by atoms with E-state index in [-0.39, 0.29) is 0 Å². The number of benzene rings is 1. The number of hydrogen-bond donors (Lipinski definition) is 0. The van der Waals surface area contributed by atoms with Crippen LogP contribution in [-0.2, 0) is 6.42 Å². The molecule has 0 N–H and O–H groups in total. The Morgan fingerprint density at radius 1 is 0.931 bits per heavy atom. The summed E-state index contributed by atoms with van der Waals surface area (Å²) in [5.74, 6) is 2.53. The fourth-order valence-electron chi connectivity index (χ4n) is 3.20. The Morgan fingerprint density at radius 2 is 1.69 bits per heavy atom. The zero-order valence-corrected chi connectivity index (χ0v) is 18.6. The van der Waals surface area contributed by atoms with Crippen LogP contribution < -0.4 is 4.74 Å². The molecule has 3 nitrogen and oxygen atoms in total. The first-order valence-corrected chi connectivity index (χ1v) is 11.4. The lowest BCUT2D eigenvalue weighted by molar-refractivity contribution is 0.307. The van der Waals surface area contributed by atoms with Gasteiger partial charge in [0.25, 0.3) is 0 Å². The standard InChI is InChI=1S/C26H38N2O/c1-4-6-7-8-9-12-19-29-25-17-15-24(16-18-25)26-27-20-23(21-28-26)14-11-10-13-22(3)5-2/h6-7,15-18,20-22H,4-5,8-14,19H2,1-3H3/b7-6-/t22-/m0/s1. The third kappa shape index (κ3) is 9.25. The van der Waals surface area contributed by atoms with Crippen LogP contribution in [0.4, 0.5) is 0 Å². The predicted molar refractivity (Wildman–Crippen MR) is 123 cm³/mol. The van der Waals surface area contributed by atoms with Gasteiger partial charge >= 0.3 is 0 Å². The first-order valence-electron chi connectivity index (χ1n) is 11.4. The third-order valence-electron chi connectivity index (χ3n) is 5.36. The fourth-order valence-corrected chi connectivity index (χ4v) is 3.20. The lowest BCUT2D eigenvalue weighted by Gasteiger charge is -2.08. The van der Waals surface area contributed by atoms with Crippen LogP contribution in [-0.4, -0.2) is 16.6 Å². The van der Waals surface area contributed by atoms with Gasteiger partial charge in [-0.1, -0.05) is 52.2 Å². The molecule has 1 heterocycles. The monoisotopic (exact) mass is 394 g/mol. The Hall–Kier alpha value is -2.16. The molecule has 0 unspecified atom stereocenters. The van der Waals surface area contributed by atoms with E-state index in [1.165, 1.54) is 37.7 Å². The molecule has 3 heteroatoms. The van der Waals surface area contributed by atoms with Crippen molar-refractivity contribution >= 4 is 0 Å². The number of allylic oxidation sites excluding steroid dienone is 2. The minimum Gasteiger partial charge on any atom is -0.494 e. The normalized spacial score (nSPS) is 12.4. The third-order valence-corrected chi connectivity index (χ3v) is 5.36. The highest BCUT2D eigenvalue weighted by Gasteiger charge is 2.04. The topological polar surface area (TPSA) is 35.0 Å².